The first-order valence-electron chi connectivity index (χ1n) is 6.82. The van der Waals surface area contributed by atoms with Crippen LogP contribution in [-0.4, -0.2) is 6.29 Å². The van der Waals surface area contributed by atoms with E-state index in [4.69, 9.17) is 0 Å². The van der Waals surface area contributed by atoms with Gasteiger partial charge in [-0.25, -0.2) is 0 Å². The lowest BCUT2D eigenvalue weighted by atomic mass is 9.86. The largest absolute Gasteiger partial charge is 0.303 e. The van der Waals surface area contributed by atoms with Gasteiger partial charge in [-0.1, -0.05) is 62.3 Å². The predicted octanol–water partition coefficient (Wildman–Crippen LogP) is 5.34. The summed E-state index contributed by atoms with van der Waals surface area (Å²) >= 11 is 0. The number of rotatable bonds is 3. The van der Waals surface area contributed by atoms with Gasteiger partial charge in [0.1, 0.15) is 6.29 Å². The lowest BCUT2D eigenvalue weighted by molar-refractivity contribution is -0.111. The lowest BCUT2D eigenvalue weighted by Gasteiger charge is -2.19. The van der Waals surface area contributed by atoms with E-state index in [1.54, 1.807) is 0 Å². The third kappa shape index (κ3) is 21.5. The van der Waals surface area contributed by atoms with Gasteiger partial charge in [0.25, 0.3) is 0 Å². The van der Waals surface area contributed by atoms with Crippen molar-refractivity contribution in [1.82, 2.24) is 0 Å². The molecule has 0 spiro atoms. The van der Waals surface area contributed by atoms with Crippen molar-refractivity contribution >= 4 is 6.29 Å². The third-order valence-corrected chi connectivity index (χ3v) is 2.19. The molecule has 1 nitrogen and oxygen atoms in total. The molecule has 1 atom stereocenters. The Hall–Kier alpha value is -0.330. The summed E-state index contributed by atoms with van der Waals surface area (Å²) in [6.07, 6.45) is 3.33. The van der Waals surface area contributed by atoms with Gasteiger partial charge in [-0.15, -0.1) is 0 Å². The number of hydrogen-bond acceptors (Lipinski definition) is 1. The molecule has 0 aromatic rings. The summed E-state index contributed by atoms with van der Waals surface area (Å²) in [6.45, 7) is 19.8. The summed E-state index contributed by atoms with van der Waals surface area (Å²) in [5, 5.41) is 0. The Kier molecular flexibility index (Phi) is 8.83. The minimum absolute atomic E-state index is 0.213. The zero-order chi connectivity index (χ0) is 14.3. The molecule has 0 amide bonds. The Morgan fingerprint density at radius 1 is 0.824 bits per heavy atom. The van der Waals surface area contributed by atoms with E-state index in [1.807, 2.05) is 6.92 Å². The van der Waals surface area contributed by atoms with Gasteiger partial charge < -0.3 is 4.79 Å². The van der Waals surface area contributed by atoms with Crippen LogP contribution in [0.2, 0.25) is 0 Å². The molecule has 0 aromatic carbocycles. The van der Waals surface area contributed by atoms with Crippen LogP contribution in [-0.2, 0) is 4.79 Å². The number of hydrogen-bond donors (Lipinski definition) is 0. The average Bonchev–Trinajstić information content (AvgIpc) is 1.96. The maximum Gasteiger partial charge on any atom is 0.122 e. The average molecular weight is 242 g/mol. The smallest absolute Gasteiger partial charge is 0.122 e. The Balaban J connectivity index is 0. The lowest BCUT2D eigenvalue weighted by Crippen LogP contribution is -2.11. The molecule has 0 saturated carbocycles. The fraction of sp³-hybridized carbons (Fsp3) is 0.938. The molecule has 0 radical (unpaired) electrons. The SMILES string of the molecule is CC(C)CC(C)(C)C.CC(C=O)CC(C)(C)C. The van der Waals surface area contributed by atoms with Crippen molar-refractivity contribution < 1.29 is 4.79 Å². The molecular formula is C16H34O. The van der Waals surface area contributed by atoms with Crippen LogP contribution in [0.1, 0.15) is 75.2 Å². The van der Waals surface area contributed by atoms with E-state index in [2.05, 4.69) is 55.4 Å². The minimum atomic E-state index is 0.213. The van der Waals surface area contributed by atoms with Crippen LogP contribution in [0.25, 0.3) is 0 Å². The molecule has 0 bridgehead atoms. The van der Waals surface area contributed by atoms with E-state index >= 15 is 0 Å². The van der Waals surface area contributed by atoms with Gasteiger partial charge >= 0.3 is 0 Å². The highest BCUT2D eigenvalue weighted by atomic mass is 16.1. The van der Waals surface area contributed by atoms with E-state index in [0.717, 1.165) is 18.6 Å². The maximum atomic E-state index is 10.2. The number of carbonyl (C=O) groups is 1. The van der Waals surface area contributed by atoms with Crippen molar-refractivity contribution in [3.63, 3.8) is 0 Å². The summed E-state index contributed by atoms with van der Waals surface area (Å²) in [4.78, 5) is 10.2. The highest BCUT2D eigenvalue weighted by molar-refractivity contribution is 5.52. The van der Waals surface area contributed by atoms with E-state index in [1.165, 1.54) is 6.42 Å². The molecular weight excluding hydrogens is 208 g/mol. The van der Waals surface area contributed by atoms with E-state index in [0.29, 0.717) is 10.8 Å². The van der Waals surface area contributed by atoms with Crippen molar-refractivity contribution in [3.05, 3.63) is 0 Å². The maximum absolute atomic E-state index is 10.2. The van der Waals surface area contributed by atoms with Gasteiger partial charge in [-0.05, 0) is 29.6 Å². The minimum Gasteiger partial charge on any atom is -0.303 e. The molecule has 1 heteroatoms. The van der Waals surface area contributed by atoms with Gasteiger partial charge in [-0.3, -0.25) is 0 Å². The van der Waals surface area contributed by atoms with Gasteiger partial charge in [0.2, 0.25) is 0 Å². The molecule has 17 heavy (non-hydrogen) atoms. The van der Waals surface area contributed by atoms with Crippen LogP contribution in [0.15, 0.2) is 0 Å². The highest BCUT2D eigenvalue weighted by Gasteiger charge is 2.13. The van der Waals surface area contributed by atoms with Gasteiger partial charge in [0.15, 0.2) is 0 Å². The Labute approximate surface area is 109 Å². The quantitative estimate of drug-likeness (QED) is 0.611. The summed E-state index contributed by atoms with van der Waals surface area (Å²) in [6, 6.07) is 0. The molecule has 0 N–H and O–H groups in total. The van der Waals surface area contributed by atoms with Crippen LogP contribution in [0.5, 0.6) is 0 Å². The second-order valence-corrected chi connectivity index (χ2v) is 8.04. The van der Waals surface area contributed by atoms with Crippen molar-refractivity contribution in [2.45, 2.75) is 75.2 Å². The highest BCUT2D eigenvalue weighted by Crippen LogP contribution is 2.23. The van der Waals surface area contributed by atoms with Crippen molar-refractivity contribution in [3.8, 4) is 0 Å². The van der Waals surface area contributed by atoms with Gasteiger partial charge in [0, 0.05) is 5.92 Å². The van der Waals surface area contributed by atoms with Crippen molar-refractivity contribution in [2.75, 3.05) is 0 Å². The molecule has 0 aliphatic carbocycles. The van der Waals surface area contributed by atoms with Crippen molar-refractivity contribution in [1.29, 1.82) is 0 Å². The molecule has 0 aliphatic rings. The third-order valence-electron chi connectivity index (χ3n) is 2.19. The van der Waals surface area contributed by atoms with Gasteiger partial charge in [-0.2, -0.15) is 0 Å². The van der Waals surface area contributed by atoms with Gasteiger partial charge in [0.05, 0.1) is 0 Å². The summed E-state index contributed by atoms with van der Waals surface area (Å²) in [5.41, 5.74) is 0.814. The summed E-state index contributed by atoms with van der Waals surface area (Å²) in [7, 11) is 0. The molecule has 0 heterocycles. The molecule has 0 rings (SSSR count). The summed E-state index contributed by atoms with van der Waals surface area (Å²) in [5.74, 6) is 1.06. The molecule has 1 unspecified atom stereocenters. The van der Waals surface area contributed by atoms with Crippen LogP contribution in [0.4, 0.5) is 0 Å². The zero-order valence-corrected chi connectivity index (χ0v) is 13.6. The first kappa shape index (κ1) is 19.0. The fourth-order valence-electron chi connectivity index (χ4n) is 2.24. The first-order chi connectivity index (χ1) is 7.37. The van der Waals surface area contributed by atoms with Crippen LogP contribution >= 0.6 is 0 Å². The second-order valence-electron chi connectivity index (χ2n) is 8.04. The van der Waals surface area contributed by atoms with Crippen LogP contribution in [0.3, 0.4) is 0 Å². The molecule has 104 valence electrons. The van der Waals surface area contributed by atoms with Crippen molar-refractivity contribution in [2.24, 2.45) is 22.7 Å². The normalized spacial score (nSPS) is 14.0. The fourth-order valence-corrected chi connectivity index (χ4v) is 2.24. The second kappa shape index (κ2) is 7.89. The topological polar surface area (TPSA) is 17.1 Å². The van der Waals surface area contributed by atoms with E-state index in [-0.39, 0.29) is 5.92 Å². The molecule has 0 aliphatic heterocycles. The van der Waals surface area contributed by atoms with Crippen LogP contribution in [0, 0.1) is 22.7 Å². The van der Waals surface area contributed by atoms with E-state index in [9.17, 15) is 4.79 Å². The predicted molar refractivity (Wildman–Crippen MR) is 78.2 cm³/mol. The molecule has 0 saturated heterocycles. The zero-order valence-electron chi connectivity index (χ0n) is 13.6. The van der Waals surface area contributed by atoms with Crippen LogP contribution < -0.4 is 0 Å². The molecule has 0 aromatic heterocycles. The Morgan fingerprint density at radius 3 is 1.24 bits per heavy atom. The Bertz CT molecular complexity index is 191. The summed E-state index contributed by atoms with van der Waals surface area (Å²) < 4.78 is 0. The first-order valence-corrected chi connectivity index (χ1v) is 6.82. The Morgan fingerprint density at radius 2 is 1.18 bits per heavy atom. The van der Waals surface area contributed by atoms with E-state index < -0.39 is 0 Å². The number of carbonyl (C=O) groups excluding carboxylic acids is 1. The standard InChI is InChI=1S/C8H16O.C8H18/c1-7(6-9)5-8(2,3)4;1-7(2)6-8(3,4)5/h6-7H,5H2,1-4H3;7H,6H2,1-5H3. The number of aldehydes is 1. The molecule has 0 fully saturated rings. The monoisotopic (exact) mass is 242 g/mol.